The first-order valence-corrected chi connectivity index (χ1v) is 7.45. The molecule has 3 nitrogen and oxygen atoms in total. The standard InChI is InChI=1S/C18H21N3.ClH/c1-14(2)21-13-15(17-8-3-4-9-18(17)21)11-19-12-16-7-5-6-10-20-16;/h3-10,13-14,19H,11-12H2,1-2H3;1H. The number of rotatable bonds is 5. The predicted molar refractivity (Wildman–Crippen MR) is 94.4 cm³/mol. The van der Waals surface area contributed by atoms with Gasteiger partial charge in [0.1, 0.15) is 0 Å². The van der Waals surface area contributed by atoms with Gasteiger partial charge in [0.15, 0.2) is 0 Å². The molecule has 0 unspecified atom stereocenters. The van der Waals surface area contributed by atoms with E-state index >= 15 is 0 Å². The van der Waals surface area contributed by atoms with Crippen LogP contribution in [-0.4, -0.2) is 9.55 Å². The van der Waals surface area contributed by atoms with Crippen molar-refractivity contribution in [1.29, 1.82) is 0 Å². The first kappa shape index (κ1) is 16.5. The fraction of sp³-hybridized carbons (Fsp3) is 0.278. The molecule has 0 saturated heterocycles. The summed E-state index contributed by atoms with van der Waals surface area (Å²) in [7, 11) is 0. The van der Waals surface area contributed by atoms with Crippen molar-refractivity contribution in [3.05, 3.63) is 66.1 Å². The Morgan fingerprint density at radius 3 is 2.55 bits per heavy atom. The number of nitrogens with one attached hydrogen (secondary N) is 1. The number of nitrogens with zero attached hydrogens (tertiary/aromatic N) is 2. The van der Waals surface area contributed by atoms with Gasteiger partial charge in [-0.1, -0.05) is 24.3 Å². The summed E-state index contributed by atoms with van der Waals surface area (Å²) in [5.41, 5.74) is 3.72. The first-order chi connectivity index (χ1) is 10.3. The number of hydrogen-bond acceptors (Lipinski definition) is 2. The van der Waals surface area contributed by atoms with Crippen LogP contribution in [0.1, 0.15) is 31.1 Å². The zero-order valence-electron chi connectivity index (χ0n) is 13.0. The van der Waals surface area contributed by atoms with E-state index in [0.29, 0.717) is 6.04 Å². The molecule has 0 aliphatic heterocycles. The van der Waals surface area contributed by atoms with Crippen molar-refractivity contribution in [1.82, 2.24) is 14.9 Å². The van der Waals surface area contributed by atoms with Crippen molar-refractivity contribution in [2.24, 2.45) is 0 Å². The molecule has 1 aromatic carbocycles. The number of benzene rings is 1. The summed E-state index contributed by atoms with van der Waals surface area (Å²) in [6, 6.07) is 15.1. The van der Waals surface area contributed by atoms with E-state index in [1.54, 1.807) is 0 Å². The summed E-state index contributed by atoms with van der Waals surface area (Å²) in [4.78, 5) is 4.34. The van der Waals surface area contributed by atoms with E-state index in [0.717, 1.165) is 18.8 Å². The van der Waals surface area contributed by atoms with Crippen LogP contribution in [0.25, 0.3) is 10.9 Å². The van der Waals surface area contributed by atoms with E-state index in [9.17, 15) is 0 Å². The summed E-state index contributed by atoms with van der Waals surface area (Å²) in [6.07, 6.45) is 4.10. The molecule has 0 bridgehead atoms. The maximum absolute atomic E-state index is 4.34. The van der Waals surface area contributed by atoms with Gasteiger partial charge in [-0.25, -0.2) is 0 Å². The van der Waals surface area contributed by atoms with Gasteiger partial charge in [-0.3, -0.25) is 4.98 Å². The zero-order chi connectivity index (χ0) is 14.7. The fourth-order valence-corrected chi connectivity index (χ4v) is 2.67. The van der Waals surface area contributed by atoms with Crippen LogP contribution in [0.5, 0.6) is 0 Å². The molecule has 2 aromatic heterocycles. The molecule has 0 fully saturated rings. The van der Waals surface area contributed by atoms with Crippen molar-refractivity contribution in [2.75, 3.05) is 0 Å². The molecule has 3 rings (SSSR count). The van der Waals surface area contributed by atoms with E-state index < -0.39 is 0 Å². The average molecular weight is 316 g/mol. The van der Waals surface area contributed by atoms with E-state index in [4.69, 9.17) is 0 Å². The number of fused-ring (bicyclic) bond motifs is 1. The Kier molecular flexibility index (Phi) is 5.58. The maximum atomic E-state index is 4.34. The van der Waals surface area contributed by atoms with Gasteiger partial charge in [-0.15, -0.1) is 12.4 Å². The Balaban J connectivity index is 0.00000176. The molecule has 0 aliphatic carbocycles. The molecule has 2 heterocycles. The number of aromatic nitrogens is 2. The number of hydrogen-bond donors (Lipinski definition) is 1. The molecule has 0 saturated carbocycles. The van der Waals surface area contributed by atoms with Gasteiger partial charge in [0.2, 0.25) is 0 Å². The van der Waals surface area contributed by atoms with Crippen LogP contribution in [0, 0.1) is 0 Å². The smallest absolute Gasteiger partial charge is 0.0541 e. The van der Waals surface area contributed by atoms with Crippen LogP contribution in [0.3, 0.4) is 0 Å². The average Bonchev–Trinajstić information content (AvgIpc) is 2.88. The molecule has 0 radical (unpaired) electrons. The minimum atomic E-state index is 0. The maximum Gasteiger partial charge on any atom is 0.0541 e. The van der Waals surface area contributed by atoms with Gasteiger partial charge in [0.25, 0.3) is 0 Å². The van der Waals surface area contributed by atoms with Crippen molar-refractivity contribution < 1.29 is 0 Å². The number of pyridine rings is 1. The minimum absolute atomic E-state index is 0. The molecule has 1 N–H and O–H groups in total. The molecule has 116 valence electrons. The SMILES string of the molecule is CC(C)n1cc(CNCc2ccccn2)c2ccccc21.Cl. The number of halogens is 1. The Morgan fingerprint density at radius 2 is 1.82 bits per heavy atom. The molecule has 0 aliphatic rings. The lowest BCUT2D eigenvalue weighted by Gasteiger charge is -2.08. The summed E-state index contributed by atoms with van der Waals surface area (Å²) in [5.74, 6) is 0. The zero-order valence-corrected chi connectivity index (χ0v) is 13.8. The topological polar surface area (TPSA) is 29.9 Å². The monoisotopic (exact) mass is 315 g/mol. The fourth-order valence-electron chi connectivity index (χ4n) is 2.67. The molecule has 0 spiro atoms. The van der Waals surface area contributed by atoms with Crippen LogP contribution in [0.15, 0.2) is 54.9 Å². The van der Waals surface area contributed by atoms with E-state index in [1.165, 1.54) is 16.5 Å². The third-order valence-corrected chi connectivity index (χ3v) is 3.73. The Hall–Kier alpha value is -1.84. The molecule has 0 amide bonds. The molecule has 22 heavy (non-hydrogen) atoms. The molecular formula is C18H22ClN3. The minimum Gasteiger partial charge on any atom is -0.345 e. The van der Waals surface area contributed by atoms with Crippen LogP contribution >= 0.6 is 12.4 Å². The van der Waals surface area contributed by atoms with Gasteiger partial charge >= 0.3 is 0 Å². The summed E-state index contributed by atoms with van der Waals surface area (Å²) in [6.45, 7) is 6.09. The van der Waals surface area contributed by atoms with Crippen LogP contribution < -0.4 is 5.32 Å². The number of para-hydroxylation sites is 1. The van der Waals surface area contributed by atoms with Crippen molar-refractivity contribution in [3.63, 3.8) is 0 Å². The highest BCUT2D eigenvalue weighted by molar-refractivity contribution is 5.85. The predicted octanol–water partition coefficient (Wildman–Crippen LogP) is 4.33. The molecule has 3 aromatic rings. The van der Waals surface area contributed by atoms with Crippen LogP contribution in [0.2, 0.25) is 0 Å². The van der Waals surface area contributed by atoms with E-state index in [1.807, 2.05) is 24.4 Å². The highest BCUT2D eigenvalue weighted by Gasteiger charge is 2.09. The largest absolute Gasteiger partial charge is 0.345 e. The molecular weight excluding hydrogens is 294 g/mol. The molecule has 0 atom stereocenters. The molecule has 4 heteroatoms. The second-order valence-corrected chi connectivity index (χ2v) is 5.60. The summed E-state index contributed by atoms with van der Waals surface area (Å²) < 4.78 is 2.34. The first-order valence-electron chi connectivity index (χ1n) is 7.45. The lowest BCUT2D eigenvalue weighted by Crippen LogP contribution is -2.13. The third-order valence-electron chi connectivity index (χ3n) is 3.73. The normalized spacial score (nSPS) is 10.9. The van der Waals surface area contributed by atoms with Gasteiger partial charge in [-0.2, -0.15) is 0 Å². The van der Waals surface area contributed by atoms with Crippen molar-refractivity contribution in [3.8, 4) is 0 Å². The Bertz CT molecular complexity index is 720. The second-order valence-electron chi connectivity index (χ2n) is 5.60. The van der Waals surface area contributed by atoms with E-state index in [2.05, 4.69) is 59.2 Å². The van der Waals surface area contributed by atoms with Gasteiger partial charge in [0.05, 0.1) is 5.69 Å². The lowest BCUT2D eigenvalue weighted by molar-refractivity contribution is 0.616. The van der Waals surface area contributed by atoms with Crippen molar-refractivity contribution in [2.45, 2.75) is 33.0 Å². The van der Waals surface area contributed by atoms with Crippen LogP contribution in [0.4, 0.5) is 0 Å². The third kappa shape index (κ3) is 3.49. The summed E-state index contributed by atoms with van der Waals surface area (Å²) in [5, 5.41) is 4.82. The van der Waals surface area contributed by atoms with Gasteiger partial charge in [0, 0.05) is 42.4 Å². The van der Waals surface area contributed by atoms with Crippen LogP contribution in [-0.2, 0) is 13.1 Å². The lowest BCUT2D eigenvalue weighted by atomic mass is 10.2. The Labute approximate surface area is 137 Å². The second kappa shape index (κ2) is 7.43. The van der Waals surface area contributed by atoms with E-state index in [-0.39, 0.29) is 12.4 Å². The van der Waals surface area contributed by atoms with Crippen molar-refractivity contribution >= 4 is 23.3 Å². The Morgan fingerprint density at radius 1 is 1.05 bits per heavy atom. The highest BCUT2D eigenvalue weighted by Crippen LogP contribution is 2.24. The summed E-state index contributed by atoms with van der Waals surface area (Å²) >= 11 is 0. The highest BCUT2D eigenvalue weighted by atomic mass is 35.5. The quantitative estimate of drug-likeness (QED) is 0.759. The van der Waals surface area contributed by atoms with Gasteiger partial charge in [-0.05, 0) is 37.6 Å². The van der Waals surface area contributed by atoms with Gasteiger partial charge < -0.3 is 9.88 Å².